The summed E-state index contributed by atoms with van der Waals surface area (Å²) in [7, 11) is 0. The van der Waals surface area contributed by atoms with E-state index in [0.717, 1.165) is 11.1 Å². The highest BCUT2D eigenvalue weighted by Crippen LogP contribution is 2.30. The molecule has 1 saturated heterocycles. The first-order chi connectivity index (χ1) is 16.5. The molecule has 4 rings (SSSR count). The van der Waals surface area contributed by atoms with Crippen LogP contribution in [0.15, 0.2) is 84.9 Å². The number of benzene rings is 3. The predicted molar refractivity (Wildman–Crippen MR) is 127 cm³/mol. The summed E-state index contributed by atoms with van der Waals surface area (Å²) >= 11 is 1.41. The minimum Gasteiger partial charge on any atom is -0.451 e. The second kappa shape index (κ2) is 10.8. The van der Waals surface area contributed by atoms with Crippen LogP contribution < -0.4 is 0 Å². The van der Waals surface area contributed by atoms with Gasteiger partial charge in [-0.25, -0.2) is 9.59 Å². The van der Waals surface area contributed by atoms with Gasteiger partial charge >= 0.3 is 12.1 Å². The second-order valence-corrected chi connectivity index (χ2v) is 8.56. The third kappa shape index (κ3) is 5.37. The lowest BCUT2D eigenvalue weighted by Gasteiger charge is -2.25. The number of hydrogen-bond donors (Lipinski definition) is 0. The molecule has 0 N–H and O–H groups in total. The largest absolute Gasteiger partial charge is 0.451 e. The Kier molecular flexibility index (Phi) is 7.44. The van der Waals surface area contributed by atoms with Gasteiger partial charge in [-0.05, 0) is 17.2 Å². The zero-order valence-electron chi connectivity index (χ0n) is 18.1. The Morgan fingerprint density at radius 3 is 2.18 bits per heavy atom. The fourth-order valence-electron chi connectivity index (χ4n) is 3.63. The van der Waals surface area contributed by atoms with Crippen molar-refractivity contribution in [3.63, 3.8) is 0 Å². The van der Waals surface area contributed by atoms with Crippen molar-refractivity contribution in [2.45, 2.75) is 18.8 Å². The van der Waals surface area contributed by atoms with Gasteiger partial charge in [0.2, 0.25) is 0 Å². The number of nitro groups is 1. The number of rotatable bonds is 7. The molecule has 8 nitrogen and oxygen atoms in total. The molecule has 1 atom stereocenters. The van der Waals surface area contributed by atoms with Crippen LogP contribution in [0, 0.1) is 10.1 Å². The maximum absolute atomic E-state index is 13.2. The molecule has 1 aliphatic heterocycles. The molecule has 0 saturated carbocycles. The lowest BCUT2D eigenvalue weighted by Crippen LogP contribution is -2.43. The van der Waals surface area contributed by atoms with Crippen molar-refractivity contribution in [3.05, 3.63) is 112 Å². The van der Waals surface area contributed by atoms with Crippen LogP contribution in [0.3, 0.4) is 0 Å². The molecule has 9 heteroatoms. The number of esters is 1. The smallest absolute Gasteiger partial charge is 0.411 e. The van der Waals surface area contributed by atoms with E-state index in [-0.39, 0.29) is 23.7 Å². The average molecular weight is 479 g/mol. The molecule has 0 aromatic heterocycles. The van der Waals surface area contributed by atoms with Gasteiger partial charge in [0, 0.05) is 11.8 Å². The molecule has 174 valence electrons. The van der Waals surface area contributed by atoms with Crippen molar-refractivity contribution in [1.29, 1.82) is 0 Å². The number of nitrogens with zero attached hydrogens (tertiary/aromatic N) is 2. The first-order valence-electron chi connectivity index (χ1n) is 10.6. The third-order valence-electron chi connectivity index (χ3n) is 5.37. The molecule has 1 fully saturated rings. The molecule has 1 heterocycles. The molecule has 0 aliphatic carbocycles. The number of amides is 1. The lowest BCUT2D eigenvalue weighted by atomic mass is 10.0. The molecule has 3 aromatic carbocycles. The van der Waals surface area contributed by atoms with Crippen molar-refractivity contribution in [2.75, 3.05) is 11.6 Å². The van der Waals surface area contributed by atoms with Gasteiger partial charge in [0.15, 0.2) is 6.10 Å². The Hall–Kier alpha value is -3.85. The summed E-state index contributed by atoms with van der Waals surface area (Å²) in [5.74, 6) is 0.0948. The highest BCUT2D eigenvalue weighted by molar-refractivity contribution is 7.99. The quantitative estimate of drug-likeness (QED) is 0.269. The number of carbonyl (C=O) groups excluding carboxylic acids is 2. The number of nitro benzene ring substituents is 1. The van der Waals surface area contributed by atoms with Gasteiger partial charge in [-0.1, -0.05) is 72.8 Å². The van der Waals surface area contributed by atoms with Crippen LogP contribution in [0.1, 0.15) is 22.8 Å². The molecular weight excluding hydrogens is 456 g/mol. The molecule has 1 unspecified atom stereocenters. The SMILES string of the molecule is O=C(OC(c1ccccc1)c1ccccc1)C1CSCN1C(=O)OCc1ccccc1[N+](=O)[O-]. The van der Waals surface area contributed by atoms with Gasteiger partial charge in [0.25, 0.3) is 5.69 Å². The van der Waals surface area contributed by atoms with Crippen molar-refractivity contribution in [2.24, 2.45) is 0 Å². The van der Waals surface area contributed by atoms with Crippen LogP contribution in [-0.4, -0.2) is 39.6 Å². The highest BCUT2D eigenvalue weighted by Gasteiger charge is 2.38. The summed E-state index contributed by atoms with van der Waals surface area (Å²) in [5.41, 5.74) is 1.78. The Morgan fingerprint density at radius 2 is 1.56 bits per heavy atom. The number of para-hydroxylation sites is 1. The van der Waals surface area contributed by atoms with Crippen LogP contribution in [0.25, 0.3) is 0 Å². The number of hydrogen-bond acceptors (Lipinski definition) is 7. The van der Waals surface area contributed by atoms with E-state index >= 15 is 0 Å². The molecule has 1 aliphatic rings. The predicted octanol–water partition coefficient (Wildman–Crippen LogP) is 4.94. The fraction of sp³-hybridized carbons (Fsp3) is 0.200. The van der Waals surface area contributed by atoms with Gasteiger partial charge < -0.3 is 9.47 Å². The van der Waals surface area contributed by atoms with E-state index < -0.39 is 29.1 Å². The van der Waals surface area contributed by atoms with Crippen molar-refractivity contribution < 1.29 is 24.0 Å². The topological polar surface area (TPSA) is 99.0 Å². The molecule has 3 aromatic rings. The van der Waals surface area contributed by atoms with E-state index in [9.17, 15) is 19.7 Å². The molecule has 34 heavy (non-hydrogen) atoms. The summed E-state index contributed by atoms with van der Waals surface area (Å²) < 4.78 is 11.2. The fourth-order valence-corrected chi connectivity index (χ4v) is 4.76. The number of ether oxygens (including phenoxy) is 2. The standard InChI is InChI=1S/C25H22N2O6S/c28-24(33-23(18-9-3-1-4-10-18)19-11-5-2-6-12-19)22-16-34-17-26(22)25(29)32-15-20-13-7-8-14-21(20)27(30)31/h1-14,22-23H,15-17H2. The van der Waals surface area contributed by atoms with Gasteiger partial charge in [0.1, 0.15) is 12.6 Å². The van der Waals surface area contributed by atoms with Gasteiger partial charge in [0.05, 0.1) is 16.4 Å². The van der Waals surface area contributed by atoms with Crippen molar-refractivity contribution in [1.82, 2.24) is 4.90 Å². The Bertz CT molecular complexity index is 1120. The van der Waals surface area contributed by atoms with Crippen LogP contribution in [0.5, 0.6) is 0 Å². The second-order valence-electron chi connectivity index (χ2n) is 7.56. The van der Waals surface area contributed by atoms with E-state index in [4.69, 9.17) is 9.47 Å². The summed E-state index contributed by atoms with van der Waals surface area (Å²) in [5, 5.41) is 11.2. The minimum atomic E-state index is -0.821. The summed E-state index contributed by atoms with van der Waals surface area (Å²) in [4.78, 5) is 37.9. The normalized spacial score (nSPS) is 15.2. The lowest BCUT2D eigenvalue weighted by molar-refractivity contribution is -0.385. The molecule has 1 amide bonds. The highest BCUT2D eigenvalue weighted by atomic mass is 32.2. The number of carbonyl (C=O) groups is 2. The average Bonchev–Trinajstić information content (AvgIpc) is 3.37. The first kappa shape index (κ1) is 23.3. The maximum atomic E-state index is 13.2. The van der Waals surface area contributed by atoms with Crippen LogP contribution >= 0.6 is 11.8 Å². The summed E-state index contributed by atoms with van der Waals surface area (Å²) in [6.45, 7) is -0.268. The number of thioether (sulfide) groups is 1. The van der Waals surface area contributed by atoms with E-state index in [1.165, 1.54) is 28.8 Å². The van der Waals surface area contributed by atoms with E-state index in [2.05, 4.69) is 0 Å². The van der Waals surface area contributed by atoms with E-state index in [1.54, 1.807) is 12.1 Å². The third-order valence-corrected chi connectivity index (χ3v) is 6.38. The monoisotopic (exact) mass is 478 g/mol. The Balaban J connectivity index is 1.46. The molecule has 0 spiro atoms. The van der Waals surface area contributed by atoms with Crippen LogP contribution in [0.2, 0.25) is 0 Å². The van der Waals surface area contributed by atoms with Crippen molar-refractivity contribution in [3.8, 4) is 0 Å². The maximum Gasteiger partial charge on any atom is 0.411 e. The molecule has 0 radical (unpaired) electrons. The van der Waals surface area contributed by atoms with Crippen molar-refractivity contribution >= 4 is 29.5 Å². The summed E-state index contributed by atoms with van der Waals surface area (Å²) in [6, 6.07) is 24.0. The zero-order valence-corrected chi connectivity index (χ0v) is 18.9. The summed E-state index contributed by atoms with van der Waals surface area (Å²) in [6.07, 6.45) is -1.34. The molecular formula is C25H22N2O6S. The van der Waals surface area contributed by atoms with E-state index in [1.807, 2.05) is 60.7 Å². The zero-order chi connectivity index (χ0) is 23.9. The van der Waals surface area contributed by atoms with Gasteiger partial charge in [-0.2, -0.15) is 0 Å². The van der Waals surface area contributed by atoms with Gasteiger partial charge in [-0.3, -0.25) is 15.0 Å². The Morgan fingerprint density at radius 1 is 0.971 bits per heavy atom. The Labute approximate surface area is 200 Å². The first-order valence-corrected chi connectivity index (χ1v) is 11.7. The minimum absolute atomic E-state index is 0.129. The van der Waals surface area contributed by atoms with Crippen LogP contribution in [0.4, 0.5) is 10.5 Å². The molecule has 0 bridgehead atoms. The van der Waals surface area contributed by atoms with Crippen LogP contribution in [-0.2, 0) is 20.9 Å². The van der Waals surface area contributed by atoms with E-state index in [0.29, 0.717) is 5.75 Å². The van der Waals surface area contributed by atoms with Gasteiger partial charge in [-0.15, -0.1) is 11.8 Å².